The first-order valence-electron chi connectivity index (χ1n) is 7.40. The van der Waals surface area contributed by atoms with Crippen LogP contribution in [-0.2, 0) is 14.3 Å². The van der Waals surface area contributed by atoms with Crippen LogP contribution in [0.4, 0.5) is 0 Å². The van der Waals surface area contributed by atoms with Gasteiger partial charge < -0.3 is 9.47 Å². The van der Waals surface area contributed by atoms with Crippen LogP contribution in [0.15, 0.2) is 50.0 Å². The van der Waals surface area contributed by atoms with Crippen LogP contribution in [-0.4, -0.2) is 17.8 Å². The molecule has 0 N–H and O–H groups in total. The Morgan fingerprint density at radius 3 is 2.63 bits per heavy atom. The first-order chi connectivity index (χ1) is 12.7. The molecule has 0 aromatic heterocycles. The normalized spacial score (nSPS) is 14.9. The lowest BCUT2D eigenvalue weighted by molar-refractivity contribution is -0.132. The number of rotatable bonds is 3. The van der Waals surface area contributed by atoms with Crippen LogP contribution in [0, 0.1) is 0 Å². The molecular weight excluding hydrogens is 525 g/mol. The maximum absolute atomic E-state index is 12.2. The second-order valence-corrected chi connectivity index (χ2v) is 7.97. The van der Waals surface area contributed by atoms with Gasteiger partial charge in [0.05, 0.1) is 15.1 Å². The molecule has 5 nitrogen and oxygen atoms in total. The Bertz CT molecular complexity index is 1030. The van der Waals surface area contributed by atoms with E-state index in [1.165, 1.54) is 19.1 Å². The number of carbonyl (C=O) groups is 2. The summed E-state index contributed by atoms with van der Waals surface area (Å²) < 4.78 is 11.7. The first-order valence-corrected chi connectivity index (χ1v) is 9.74. The number of halogens is 4. The third kappa shape index (κ3) is 4.60. The highest BCUT2D eigenvalue weighted by molar-refractivity contribution is 9.11. The summed E-state index contributed by atoms with van der Waals surface area (Å²) >= 11 is 18.7. The summed E-state index contributed by atoms with van der Waals surface area (Å²) in [5.74, 6) is -0.820. The molecule has 27 heavy (non-hydrogen) atoms. The molecule has 1 aliphatic heterocycles. The summed E-state index contributed by atoms with van der Waals surface area (Å²) in [5.41, 5.74) is 0.938. The van der Waals surface area contributed by atoms with Crippen molar-refractivity contribution in [2.24, 2.45) is 4.99 Å². The van der Waals surface area contributed by atoms with E-state index in [9.17, 15) is 9.59 Å². The van der Waals surface area contributed by atoms with Gasteiger partial charge in [0.15, 0.2) is 11.4 Å². The van der Waals surface area contributed by atoms with Gasteiger partial charge in [-0.15, -0.1) is 0 Å². The second kappa shape index (κ2) is 8.14. The first kappa shape index (κ1) is 20.1. The lowest BCUT2D eigenvalue weighted by atomic mass is 10.1. The Kier molecular flexibility index (Phi) is 6.05. The van der Waals surface area contributed by atoms with E-state index in [2.05, 4.69) is 36.9 Å². The molecule has 0 aliphatic carbocycles. The number of esters is 2. The zero-order chi connectivity index (χ0) is 19.7. The molecule has 2 aromatic carbocycles. The summed E-state index contributed by atoms with van der Waals surface area (Å²) in [7, 11) is 0. The molecule has 0 radical (unpaired) electrons. The maximum Gasteiger partial charge on any atom is 0.363 e. The van der Waals surface area contributed by atoms with E-state index >= 15 is 0 Å². The standard InChI is InChI=1S/C18H9Br2Cl2NO4/c1-8(24)26-16-9(4-10(19)6-13(16)20)5-15-18(25)27-17(23-15)12-3-2-11(21)7-14(12)22/h2-7H,1H3/b15-5-. The van der Waals surface area contributed by atoms with E-state index in [0.717, 1.165) is 0 Å². The van der Waals surface area contributed by atoms with Crippen molar-refractivity contribution >= 4 is 79.0 Å². The lowest BCUT2D eigenvalue weighted by Crippen LogP contribution is -2.06. The largest absolute Gasteiger partial charge is 0.425 e. The van der Waals surface area contributed by atoms with Crippen molar-refractivity contribution in [2.45, 2.75) is 6.92 Å². The molecule has 0 atom stereocenters. The van der Waals surface area contributed by atoms with Gasteiger partial charge in [0.25, 0.3) is 0 Å². The fraction of sp³-hybridized carbons (Fsp3) is 0.0556. The maximum atomic E-state index is 12.2. The molecule has 0 amide bonds. The molecule has 1 aliphatic rings. The molecule has 0 saturated carbocycles. The van der Waals surface area contributed by atoms with E-state index in [1.807, 2.05) is 0 Å². The molecular formula is C18H9Br2Cl2NO4. The molecule has 0 fully saturated rings. The Labute approximate surface area is 181 Å². The van der Waals surface area contributed by atoms with Gasteiger partial charge in [-0.1, -0.05) is 39.1 Å². The van der Waals surface area contributed by atoms with E-state index in [4.69, 9.17) is 32.7 Å². The van der Waals surface area contributed by atoms with Crippen molar-refractivity contribution < 1.29 is 19.1 Å². The summed E-state index contributed by atoms with van der Waals surface area (Å²) in [6.07, 6.45) is 1.47. The van der Waals surface area contributed by atoms with Crippen molar-refractivity contribution in [2.75, 3.05) is 0 Å². The smallest absolute Gasteiger partial charge is 0.363 e. The van der Waals surface area contributed by atoms with E-state index in [-0.39, 0.29) is 17.3 Å². The molecule has 9 heteroatoms. The zero-order valence-corrected chi connectivity index (χ0v) is 18.2. The third-order valence-corrected chi connectivity index (χ3v) is 4.95. The Balaban J connectivity index is 2.06. The van der Waals surface area contributed by atoms with Gasteiger partial charge in [0, 0.05) is 22.0 Å². The van der Waals surface area contributed by atoms with Crippen LogP contribution in [0.2, 0.25) is 10.0 Å². The Morgan fingerprint density at radius 1 is 1.22 bits per heavy atom. The van der Waals surface area contributed by atoms with Gasteiger partial charge >= 0.3 is 11.9 Å². The van der Waals surface area contributed by atoms with Gasteiger partial charge in [-0.2, -0.15) is 0 Å². The van der Waals surface area contributed by atoms with E-state index in [1.54, 1.807) is 24.3 Å². The summed E-state index contributed by atoms with van der Waals surface area (Å²) in [4.78, 5) is 27.8. The SMILES string of the molecule is CC(=O)Oc1c(Br)cc(Br)cc1/C=C1\N=C(c2ccc(Cl)cc2Cl)OC1=O. The van der Waals surface area contributed by atoms with Gasteiger partial charge in [0.2, 0.25) is 5.90 Å². The number of cyclic esters (lactones) is 1. The number of nitrogens with zero attached hydrogens (tertiary/aromatic N) is 1. The molecule has 138 valence electrons. The van der Waals surface area contributed by atoms with Gasteiger partial charge in [-0.3, -0.25) is 4.79 Å². The van der Waals surface area contributed by atoms with Crippen molar-refractivity contribution in [1.82, 2.24) is 0 Å². The average molecular weight is 534 g/mol. The molecule has 0 spiro atoms. The van der Waals surface area contributed by atoms with Crippen LogP contribution < -0.4 is 4.74 Å². The minimum Gasteiger partial charge on any atom is -0.425 e. The molecule has 0 saturated heterocycles. The monoisotopic (exact) mass is 531 g/mol. The summed E-state index contributed by atoms with van der Waals surface area (Å²) in [6, 6.07) is 8.16. The van der Waals surface area contributed by atoms with Gasteiger partial charge in [0.1, 0.15) is 0 Å². The number of ether oxygens (including phenoxy) is 2. The fourth-order valence-electron chi connectivity index (χ4n) is 2.27. The minimum absolute atomic E-state index is 0.0365. The quantitative estimate of drug-likeness (QED) is 0.285. The second-order valence-electron chi connectivity index (χ2n) is 5.36. The van der Waals surface area contributed by atoms with Crippen LogP contribution in [0.1, 0.15) is 18.1 Å². The molecule has 0 bridgehead atoms. The highest BCUT2D eigenvalue weighted by atomic mass is 79.9. The van der Waals surface area contributed by atoms with E-state index < -0.39 is 11.9 Å². The predicted octanol–water partition coefficient (Wildman–Crippen LogP) is 5.79. The summed E-state index contributed by atoms with van der Waals surface area (Å²) in [5, 5.41) is 0.760. The molecule has 2 aromatic rings. The van der Waals surface area contributed by atoms with Gasteiger partial charge in [-0.25, -0.2) is 9.79 Å². The highest BCUT2D eigenvalue weighted by Crippen LogP contribution is 2.35. The molecule has 1 heterocycles. The lowest BCUT2D eigenvalue weighted by Gasteiger charge is -2.09. The number of carbonyl (C=O) groups excluding carboxylic acids is 2. The fourth-order valence-corrected chi connectivity index (χ4v) is 4.10. The van der Waals surface area contributed by atoms with Crippen LogP contribution in [0.3, 0.4) is 0 Å². The molecule has 0 unspecified atom stereocenters. The average Bonchev–Trinajstić information content (AvgIpc) is 2.91. The number of aliphatic imine (C=N–C) groups is 1. The highest BCUT2D eigenvalue weighted by Gasteiger charge is 2.26. The number of hydrogen-bond acceptors (Lipinski definition) is 5. The van der Waals surface area contributed by atoms with Crippen LogP contribution in [0.5, 0.6) is 5.75 Å². The number of hydrogen-bond donors (Lipinski definition) is 0. The van der Waals surface area contributed by atoms with E-state index in [0.29, 0.717) is 30.1 Å². The van der Waals surface area contributed by atoms with Crippen molar-refractivity contribution in [3.8, 4) is 5.75 Å². The van der Waals surface area contributed by atoms with Crippen LogP contribution >= 0.6 is 55.1 Å². The van der Waals surface area contributed by atoms with Crippen molar-refractivity contribution in [3.05, 3.63) is 66.1 Å². The summed E-state index contributed by atoms with van der Waals surface area (Å²) in [6.45, 7) is 1.29. The minimum atomic E-state index is -0.652. The predicted molar refractivity (Wildman–Crippen MR) is 110 cm³/mol. The number of benzene rings is 2. The Hall–Kier alpha value is -1.67. The Morgan fingerprint density at radius 2 is 1.96 bits per heavy atom. The third-order valence-electron chi connectivity index (χ3n) is 3.36. The molecule has 3 rings (SSSR count). The van der Waals surface area contributed by atoms with Gasteiger partial charge in [-0.05, 0) is 52.3 Å². The van der Waals surface area contributed by atoms with Crippen molar-refractivity contribution in [1.29, 1.82) is 0 Å². The van der Waals surface area contributed by atoms with Crippen molar-refractivity contribution in [3.63, 3.8) is 0 Å². The van der Waals surface area contributed by atoms with Crippen LogP contribution in [0.25, 0.3) is 6.08 Å². The zero-order valence-electron chi connectivity index (χ0n) is 13.6. The topological polar surface area (TPSA) is 65.0 Å².